The first-order chi connectivity index (χ1) is 9.06. The van der Waals surface area contributed by atoms with E-state index in [0.717, 1.165) is 34.5 Å². The van der Waals surface area contributed by atoms with Crippen LogP contribution in [0.5, 0.6) is 0 Å². The van der Waals surface area contributed by atoms with Gasteiger partial charge in [0, 0.05) is 6.54 Å². The molecule has 2 heterocycles. The van der Waals surface area contributed by atoms with Crippen molar-refractivity contribution >= 4 is 31.9 Å². The molecular weight excluding hydrogens is 374 g/mol. The van der Waals surface area contributed by atoms with Gasteiger partial charge in [-0.25, -0.2) is 4.68 Å². The van der Waals surface area contributed by atoms with E-state index in [1.165, 1.54) is 0 Å². The number of aromatic nitrogens is 5. The molecule has 0 saturated carbocycles. The van der Waals surface area contributed by atoms with E-state index >= 15 is 0 Å². The summed E-state index contributed by atoms with van der Waals surface area (Å²) in [6.07, 6.45) is 2.98. The van der Waals surface area contributed by atoms with Crippen LogP contribution in [-0.4, -0.2) is 24.8 Å². The van der Waals surface area contributed by atoms with Gasteiger partial charge < -0.3 is 0 Å². The topological polar surface area (TPSA) is 48.5 Å². The number of halogens is 2. The quantitative estimate of drug-likeness (QED) is 0.734. The standard InChI is InChI=1S/C12H17Br2N5/c1-4-9(13)10-6-18(17-15-10)7-11-12(14)8(3)16-19(11)5-2/h6,9H,4-5,7H2,1-3H3. The summed E-state index contributed by atoms with van der Waals surface area (Å²) in [5.74, 6) is 0. The maximum atomic E-state index is 4.48. The highest BCUT2D eigenvalue weighted by molar-refractivity contribution is 9.10. The lowest BCUT2D eigenvalue weighted by Crippen LogP contribution is -2.09. The van der Waals surface area contributed by atoms with Gasteiger partial charge in [0.2, 0.25) is 0 Å². The Morgan fingerprint density at radius 1 is 1.37 bits per heavy atom. The van der Waals surface area contributed by atoms with Crippen LogP contribution < -0.4 is 0 Å². The second-order valence-corrected chi connectivity index (χ2v) is 6.28. The van der Waals surface area contributed by atoms with Crippen molar-refractivity contribution < 1.29 is 0 Å². The van der Waals surface area contributed by atoms with Crippen LogP contribution in [0.4, 0.5) is 0 Å². The third-order valence-electron chi connectivity index (χ3n) is 3.00. The molecule has 19 heavy (non-hydrogen) atoms. The molecule has 0 spiro atoms. The van der Waals surface area contributed by atoms with E-state index in [4.69, 9.17) is 0 Å². The van der Waals surface area contributed by atoms with Gasteiger partial charge in [0.1, 0.15) is 0 Å². The van der Waals surface area contributed by atoms with E-state index in [2.05, 4.69) is 61.1 Å². The van der Waals surface area contributed by atoms with Gasteiger partial charge in [-0.15, -0.1) is 5.10 Å². The molecule has 7 heteroatoms. The maximum Gasteiger partial charge on any atom is 0.0963 e. The zero-order valence-electron chi connectivity index (χ0n) is 11.3. The van der Waals surface area contributed by atoms with E-state index in [0.29, 0.717) is 6.54 Å². The molecule has 0 bridgehead atoms. The minimum atomic E-state index is 0.266. The Balaban J connectivity index is 2.24. The van der Waals surface area contributed by atoms with E-state index in [9.17, 15) is 0 Å². The molecule has 0 radical (unpaired) electrons. The Kier molecular flexibility index (Phi) is 4.78. The minimum absolute atomic E-state index is 0.266. The number of alkyl halides is 1. The fourth-order valence-electron chi connectivity index (χ4n) is 1.92. The SMILES string of the molecule is CCC(Br)c1cn(Cc2c(Br)c(C)nn2CC)nn1. The fourth-order valence-corrected chi connectivity index (χ4v) is 2.54. The van der Waals surface area contributed by atoms with Crippen LogP contribution in [-0.2, 0) is 13.1 Å². The molecular formula is C12H17Br2N5. The molecule has 0 saturated heterocycles. The first-order valence-electron chi connectivity index (χ1n) is 6.32. The molecule has 0 amide bonds. The highest BCUT2D eigenvalue weighted by atomic mass is 79.9. The molecule has 2 rings (SSSR count). The van der Waals surface area contributed by atoms with Gasteiger partial charge >= 0.3 is 0 Å². The molecule has 0 fully saturated rings. The lowest BCUT2D eigenvalue weighted by Gasteiger charge is -2.05. The van der Waals surface area contributed by atoms with Crippen molar-refractivity contribution in [3.05, 3.63) is 27.8 Å². The smallest absolute Gasteiger partial charge is 0.0963 e. The highest BCUT2D eigenvalue weighted by Crippen LogP contribution is 2.25. The molecule has 0 aromatic carbocycles. The summed E-state index contributed by atoms with van der Waals surface area (Å²) < 4.78 is 4.90. The molecule has 1 atom stereocenters. The number of rotatable bonds is 5. The third kappa shape index (κ3) is 3.08. The second-order valence-electron chi connectivity index (χ2n) is 4.38. The maximum absolute atomic E-state index is 4.48. The van der Waals surface area contributed by atoms with Gasteiger partial charge in [-0.05, 0) is 36.2 Å². The van der Waals surface area contributed by atoms with Crippen LogP contribution in [0.25, 0.3) is 0 Å². The molecule has 2 aromatic rings. The second kappa shape index (κ2) is 6.17. The number of aryl methyl sites for hydroxylation is 2. The summed E-state index contributed by atoms with van der Waals surface area (Å²) in [4.78, 5) is 0.266. The normalized spacial score (nSPS) is 12.9. The summed E-state index contributed by atoms with van der Waals surface area (Å²) in [6.45, 7) is 7.72. The van der Waals surface area contributed by atoms with Gasteiger partial charge in [0.25, 0.3) is 0 Å². The first kappa shape index (κ1) is 14.7. The third-order valence-corrected chi connectivity index (χ3v) is 5.15. The molecule has 0 aliphatic heterocycles. The average molecular weight is 391 g/mol. The predicted octanol–water partition coefficient (Wildman–Crippen LogP) is 3.46. The summed E-state index contributed by atoms with van der Waals surface area (Å²) in [5, 5.41) is 12.9. The fraction of sp³-hybridized carbons (Fsp3) is 0.583. The summed E-state index contributed by atoms with van der Waals surface area (Å²) in [5.41, 5.74) is 3.10. The van der Waals surface area contributed by atoms with Crippen molar-refractivity contribution in [1.82, 2.24) is 24.8 Å². The van der Waals surface area contributed by atoms with Crippen molar-refractivity contribution in [2.45, 2.75) is 45.1 Å². The van der Waals surface area contributed by atoms with Crippen molar-refractivity contribution in [2.75, 3.05) is 0 Å². The van der Waals surface area contributed by atoms with Gasteiger partial charge in [-0.2, -0.15) is 5.10 Å². The molecule has 1 unspecified atom stereocenters. The van der Waals surface area contributed by atoms with Crippen molar-refractivity contribution in [3.8, 4) is 0 Å². The molecule has 5 nitrogen and oxygen atoms in total. The van der Waals surface area contributed by atoms with Gasteiger partial charge in [0.15, 0.2) is 0 Å². The zero-order valence-corrected chi connectivity index (χ0v) is 14.4. The van der Waals surface area contributed by atoms with Gasteiger partial charge in [0.05, 0.1) is 39.1 Å². The Morgan fingerprint density at radius 3 is 2.74 bits per heavy atom. The predicted molar refractivity (Wildman–Crippen MR) is 81.4 cm³/mol. The Morgan fingerprint density at radius 2 is 2.11 bits per heavy atom. The van der Waals surface area contributed by atoms with Crippen LogP contribution in [0.2, 0.25) is 0 Å². The van der Waals surface area contributed by atoms with E-state index in [1.807, 2.05) is 22.5 Å². The van der Waals surface area contributed by atoms with E-state index in [-0.39, 0.29) is 4.83 Å². The van der Waals surface area contributed by atoms with Crippen molar-refractivity contribution in [2.24, 2.45) is 0 Å². The van der Waals surface area contributed by atoms with Gasteiger partial charge in [-0.1, -0.05) is 28.1 Å². The lowest BCUT2D eigenvalue weighted by molar-refractivity contribution is 0.563. The number of hydrogen-bond donors (Lipinski definition) is 0. The van der Waals surface area contributed by atoms with Crippen LogP contribution in [0.1, 0.15) is 42.2 Å². The van der Waals surface area contributed by atoms with Crippen molar-refractivity contribution in [3.63, 3.8) is 0 Å². The van der Waals surface area contributed by atoms with Crippen LogP contribution in [0.3, 0.4) is 0 Å². The van der Waals surface area contributed by atoms with E-state index in [1.54, 1.807) is 0 Å². The minimum Gasteiger partial charge on any atom is -0.267 e. The summed E-state index contributed by atoms with van der Waals surface area (Å²) in [6, 6.07) is 0. The summed E-state index contributed by atoms with van der Waals surface area (Å²) >= 11 is 7.18. The largest absolute Gasteiger partial charge is 0.267 e. The summed E-state index contributed by atoms with van der Waals surface area (Å²) in [7, 11) is 0. The monoisotopic (exact) mass is 389 g/mol. The Labute approximate surface area is 129 Å². The molecule has 2 aromatic heterocycles. The number of nitrogens with zero attached hydrogens (tertiary/aromatic N) is 5. The van der Waals surface area contributed by atoms with Gasteiger partial charge in [-0.3, -0.25) is 4.68 Å². The number of hydrogen-bond acceptors (Lipinski definition) is 3. The van der Waals surface area contributed by atoms with Crippen molar-refractivity contribution in [1.29, 1.82) is 0 Å². The molecule has 104 valence electrons. The lowest BCUT2D eigenvalue weighted by atomic mass is 10.3. The van der Waals surface area contributed by atoms with Crippen LogP contribution >= 0.6 is 31.9 Å². The van der Waals surface area contributed by atoms with E-state index < -0.39 is 0 Å². The first-order valence-corrected chi connectivity index (χ1v) is 8.03. The zero-order chi connectivity index (χ0) is 14.0. The molecule has 0 N–H and O–H groups in total. The molecule has 0 aliphatic carbocycles. The Bertz CT molecular complexity index is 560. The average Bonchev–Trinajstić information content (AvgIpc) is 2.98. The molecule has 0 aliphatic rings. The van der Waals surface area contributed by atoms with Crippen LogP contribution in [0.15, 0.2) is 10.7 Å². The Hall–Kier alpha value is -0.690. The van der Waals surface area contributed by atoms with Crippen LogP contribution in [0, 0.1) is 6.92 Å². The highest BCUT2D eigenvalue weighted by Gasteiger charge is 2.15.